The summed E-state index contributed by atoms with van der Waals surface area (Å²) in [6.45, 7) is 2.01. The molecule has 23 heteroatoms. The number of imidazole rings is 1. The van der Waals surface area contributed by atoms with Crippen LogP contribution in [-0.2, 0) is 38.2 Å². The molecule has 2 aromatic heterocycles. The zero-order chi connectivity index (χ0) is 40.1. The number of aliphatic hydroxyl groups excluding tert-OH is 1. The van der Waals surface area contributed by atoms with Crippen LogP contribution in [0.25, 0.3) is 11.2 Å². The lowest BCUT2D eigenvalue weighted by atomic mass is 10.0. The number of benzene rings is 2. The molecular weight excluding hydrogens is 763 g/mol. The molecule has 2 aromatic carbocycles. The van der Waals surface area contributed by atoms with Crippen LogP contribution in [0.15, 0.2) is 76.3 Å². The number of anilines is 2. The molecule has 3 heterocycles. The molecule has 0 bridgehead atoms. The predicted molar refractivity (Wildman–Crippen MR) is 195 cm³/mol. The summed E-state index contributed by atoms with van der Waals surface area (Å²) in [5, 5.41) is 21.9. The van der Waals surface area contributed by atoms with E-state index in [0.717, 1.165) is 12.0 Å². The van der Waals surface area contributed by atoms with Gasteiger partial charge < -0.3 is 40.3 Å². The van der Waals surface area contributed by atoms with Crippen molar-refractivity contribution in [2.75, 3.05) is 37.9 Å². The van der Waals surface area contributed by atoms with Gasteiger partial charge in [0.15, 0.2) is 23.8 Å². The predicted octanol–water partition coefficient (Wildman–Crippen LogP) is 1.68. The fourth-order valence-electron chi connectivity index (χ4n) is 5.45. The maximum Gasteiger partial charge on any atom is 0.469 e. The van der Waals surface area contributed by atoms with Crippen molar-refractivity contribution in [3.63, 3.8) is 0 Å². The smallest absolute Gasteiger partial charge is 0.453 e. The van der Waals surface area contributed by atoms with Crippen LogP contribution in [0.2, 0.25) is 0 Å². The number of hydrogen-bond acceptors (Lipinski definition) is 16. The first-order valence-corrected chi connectivity index (χ1v) is 19.7. The van der Waals surface area contributed by atoms with Crippen molar-refractivity contribution in [3.8, 4) is 0 Å². The van der Waals surface area contributed by atoms with E-state index in [9.17, 15) is 37.5 Å². The number of rotatable bonds is 16. The molecule has 1 fully saturated rings. The molecule has 7 N–H and O–H groups in total. The van der Waals surface area contributed by atoms with Gasteiger partial charge in [0.2, 0.25) is 15.9 Å². The van der Waals surface area contributed by atoms with E-state index in [1.54, 1.807) is 26.0 Å². The Morgan fingerprint density at radius 3 is 2.29 bits per heavy atom. The largest absolute Gasteiger partial charge is 0.469 e. The molecule has 0 aliphatic carbocycles. The number of phosphoric acid groups is 1. The van der Waals surface area contributed by atoms with E-state index in [4.69, 9.17) is 15.2 Å². The van der Waals surface area contributed by atoms with Gasteiger partial charge in [0.1, 0.15) is 30.1 Å². The van der Waals surface area contributed by atoms with Gasteiger partial charge in [-0.1, -0.05) is 13.8 Å². The highest BCUT2D eigenvalue weighted by Crippen LogP contribution is 2.40. The fraction of sp³-hybridized carbons (Fsp3) is 0.406. The fourth-order valence-corrected chi connectivity index (χ4v) is 6.77. The van der Waals surface area contributed by atoms with Gasteiger partial charge in [-0.25, -0.2) is 37.5 Å². The van der Waals surface area contributed by atoms with Gasteiger partial charge in [-0.05, 0) is 60.9 Å². The Labute approximate surface area is 315 Å². The minimum atomic E-state index is -4.98. The number of sulfonamides is 1. The third-order valence-corrected chi connectivity index (χ3v) is 10.1. The summed E-state index contributed by atoms with van der Waals surface area (Å²) in [7, 11) is -5.33. The third-order valence-electron chi connectivity index (χ3n) is 8.18. The van der Waals surface area contributed by atoms with Crippen molar-refractivity contribution in [1.82, 2.24) is 29.6 Å². The number of amides is 1. The molecule has 1 saturated heterocycles. The molecule has 21 nitrogen and oxygen atoms in total. The van der Waals surface area contributed by atoms with Gasteiger partial charge in [0.05, 0.1) is 35.7 Å². The zero-order valence-electron chi connectivity index (χ0n) is 30.0. The number of nitrogens with zero attached hydrogens (tertiary/aromatic N) is 7. The number of nitrogen functional groups attached to an aromatic ring is 1. The Morgan fingerprint density at radius 2 is 1.69 bits per heavy atom. The Morgan fingerprint density at radius 1 is 1.05 bits per heavy atom. The summed E-state index contributed by atoms with van der Waals surface area (Å²) < 4.78 is 57.0. The number of ether oxygens (including phenoxy) is 2. The second kappa shape index (κ2) is 17.3. The molecule has 55 heavy (non-hydrogen) atoms. The molecule has 5 atom stereocenters. The molecule has 4 aromatic rings. The van der Waals surface area contributed by atoms with Crippen molar-refractivity contribution >= 4 is 63.8 Å². The van der Waals surface area contributed by atoms with Gasteiger partial charge in [-0.15, -0.1) is 0 Å². The lowest BCUT2D eigenvalue weighted by Crippen LogP contribution is -2.48. The van der Waals surface area contributed by atoms with Crippen LogP contribution in [0.5, 0.6) is 0 Å². The van der Waals surface area contributed by atoms with Crippen LogP contribution in [0, 0.1) is 5.92 Å². The number of phosphoric ester groups is 1. The number of azo groups is 1. The van der Waals surface area contributed by atoms with E-state index in [-0.39, 0.29) is 34.2 Å². The van der Waals surface area contributed by atoms with Crippen LogP contribution in [0.4, 0.5) is 22.9 Å². The number of nitrogens with two attached hydrogens (primary N) is 1. The van der Waals surface area contributed by atoms with Gasteiger partial charge in [0, 0.05) is 19.8 Å². The number of hydrogen-bond donors (Lipinski definition) is 6. The van der Waals surface area contributed by atoms with Crippen molar-refractivity contribution in [3.05, 3.63) is 61.2 Å². The normalized spacial score (nSPS) is 19.6. The van der Waals surface area contributed by atoms with Crippen molar-refractivity contribution in [2.45, 2.75) is 55.7 Å². The highest BCUT2D eigenvalue weighted by Gasteiger charge is 2.49. The van der Waals surface area contributed by atoms with E-state index in [1.165, 1.54) is 35.2 Å². The molecule has 0 radical (unpaired) electrons. The SMILES string of the molecule is CC(C)C[C@H](NC(=O)CNS(=O)(=O)c1ccc(N=Nc2ccc(N(C)C)cc2)cc1)C(=O)O[C@@H]1[C@H](O)[C@@H](COP(=O)(O)O)O[C@H]1n1cnc2c(N)ncnc21. The zero-order valence-corrected chi connectivity index (χ0v) is 31.7. The second-order valence-electron chi connectivity index (χ2n) is 13.0. The summed E-state index contributed by atoms with van der Waals surface area (Å²) in [4.78, 5) is 59.0. The summed E-state index contributed by atoms with van der Waals surface area (Å²) in [6.07, 6.45) is -3.56. The summed E-state index contributed by atoms with van der Waals surface area (Å²) in [5.41, 5.74) is 8.18. The molecule has 5 rings (SSSR count). The minimum absolute atomic E-state index is 0.0221. The van der Waals surface area contributed by atoms with Crippen molar-refractivity contribution < 1.29 is 51.5 Å². The average Bonchev–Trinajstić information content (AvgIpc) is 3.69. The molecule has 0 unspecified atom stereocenters. The number of nitrogens with one attached hydrogen (secondary N) is 2. The summed E-state index contributed by atoms with van der Waals surface area (Å²) >= 11 is 0. The first kappa shape index (κ1) is 41.2. The van der Waals surface area contributed by atoms with Crippen LogP contribution in [0.1, 0.15) is 26.5 Å². The molecule has 1 aliphatic rings. The van der Waals surface area contributed by atoms with E-state index in [0.29, 0.717) is 11.4 Å². The molecule has 296 valence electrons. The number of fused-ring (bicyclic) bond motifs is 1. The van der Waals surface area contributed by atoms with Gasteiger partial charge in [0.25, 0.3) is 0 Å². The van der Waals surface area contributed by atoms with Gasteiger partial charge >= 0.3 is 13.8 Å². The second-order valence-corrected chi connectivity index (χ2v) is 16.0. The first-order valence-electron chi connectivity index (χ1n) is 16.7. The Bertz CT molecular complexity index is 2160. The Kier molecular flexibility index (Phi) is 12.9. The van der Waals surface area contributed by atoms with Crippen LogP contribution in [0.3, 0.4) is 0 Å². The molecule has 0 saturated carbocycles. The highest BCUT2D eigenvalue weighted by atomic mass is 32.2. The summed E-state index contributed by atoms with van der Waals surface area (Å²) in [6, 6.07) is 11.5. The Hall–Kier alpha value is -4.93. The summed E-state index contributed by atoms with van der Waals surface area (Å²) in [5.74, 6) is -2.04. The van der Waals surface area contributed by atoms with Crippen LogP contribution < -0.4 is 20.7 Å². The van der Waals surface area contributed by atoms with Crippen molar-refractivity contribution in [1.29, 1.82) is 0 Å². The van der Waals surface area contributed by atoms with E-state index >= 15 is 0 Å². The van der Waals surface area contributed by atoms with E-state index in [1.807, 2.05) is 31.1 Å². The number of carbonyl (C=O) groups is 2. The average molecular weight is 805 g/mol. The van der Waals surface area contributed by atoms with Crippen molar-refractivity contribution in [2.24, 2.45) is 16.1 Å². The van der Waals surface area contributed by atoms with Gasteiger partial charge in [-0.3, -0.25) is 13.9 Å². The molecule has 1 amide bonds. The maximum absolute atomic E-state index is 13.6. The number of aromatic nitrogens is 4. The number of aliphatic hydroxyl groups is 1. The topological polar surface area (TPSA) is 295 Å². The third kappa shape index (κ3) is 10.6. The standard InChI is InChI=1S/C32H41N10O11PS/c1-18(2)13-23(38-25(43)14-37-55(49,50)22-11-7-20(8-12-22)40-39-19-5-9-21(10-6-19)41(3)4)32(45)53-28-27(44)24(15-51-54(46,47)48)52-31(28)42-17-36-26-29(33)34-16-35-30(26)42/h5-12,16-18,23-24,27-28,31,37,44H,13-15H2,1-4H3,(H,38,43)(H2,33,34,35)(H2,46,47,48)/t23-,24+,27+,28+,31+/m0/s1. The number of carbonyl (C=O) groups excluding carboxylic acids is 2. The van der Waals surface area contributed by atoms with Gasteiger partial charge in [-0.2, -0.15) is 10.2 Å². The van der Waals surface area contributed by atoms with Crippen LogP contribution in [-0.4, -0.2) is 106 Å². The minimum Gasteiger partial charge on any atom is -0.453 e. The lowest BCUT2D eigenvalue weighted by Gasteiger charge is -2.26. The monoisotopic (exact) mass is 804 g/mol. The molecule has 0 spiro atoms. The number of esters is 1. The maximum atomic E-state index is 13.6. The molecular formula is C32H41N10O11PS. The Balaban J connectivity index is 1.24. The first-order chi connectivity index (χ1) is 25.9. The quantitative estimate of drug-likeness (QED) is 0.0533. The van der Waals surface area contributed by atoms with E-state index in [2.05, 4.69) is 39.7 Å². The van der Waals surface area contributed by atoms with Crippen LogP contribution >= 0.6 is 7.82 Å². The lowest BCUT2D eigenvalue weighted by molar-refractivity contribution is -0.162. The highest BCUT2D eigenvalue weighted by molar-refractivity contribution is 7.89. The molecule has 1 aliphatic heterocycles. The van der Waals surface area contributed by atoms with E-state index < -0.39 is 73.5 Å².